The number of ether oxygens (including phenoxy) is 1. The second kappa shape index (κ2) is 4.18. The fourth-order valence-corrected chi connectivity index (χ4v) is 2.23. The van der Waals surface area contributed by atoms with E-state index >= 15 is 0 Å². The fraction of sp³-hybridized carbons (Fsp3) is 0.133. The van der Waals surface area contributed by atoms with Crippen molar-refractivity contribution < 1.29 is 9.53 Å². The fourth-order valence-electron chi connectivity index (χ4n) is 2.23. The van der Waals surface area contributed by atoms with E-state index < -0.39 is 0 Å². The molecule has 0 radical (unpaired) electrons. The summed E-state index contributed by atoms with van der Waals surface area (Å²) in [6, 6.07) is 11.7. The van der Waals surface area contributed by atoms with E-state index in [0.717, 1.165) is 22.7 Å². The third-order valence-corrected chi connectivity index (χ3v) is 3.13. The summed E-state index contributed by atoms with van der Waals surface area (Å²) in [4.78, 5) is 11.7. The molecule has 0 unspecified atom stereocenters. The number of hydrogen-bond acceptors (Lipinski definition) is 2. The van der Waals surface area contributed by atoms with E-state index in [4.69, 9.17) is 4.74 Å². The van der Waals surface area contributed by atoms with Gasteiger partial charge in [-0.05, 0) is 42.0 Å². The molecule has 1 aliphatic rings. The largest absolute Gasteiger partial charge is 0.497 e. The molecule has 0 saturated heterocycles. The van der Waals surface area contributed by atoms with Crippen molar-refractivity contribution >= 4 is 11.5 Å². The second-order valence-corrected chi connectivity index (χ2v) is 4.27. The predicted molar refractivity (Wildman–Crippen MR) is 69.5 cm³/mol. The highest BCUT2D eigenvalue weighted by Gasteiger charge is 2.17. The van der Waals surface area contributed by atoms with Gasteiger partial charge < -0.3 is 9.30 Å². The number of aromatic nitrogens is 1. The molecule has 0 N–H and O–H groups in total. The maximum Gasteiger partial charge on any atom is 0.163 e. The molecular weight excluding hydrogens is 226 g/mol. The monoisotopic (exact) mass is 239 g/mol. The highest BCUT2D eigenvalue weighted by molar-refractivity contribution is 6.00. The van der Waals surface area contributed by atoms with Crippen molar-refractivity contribution in [1.29, 1.82) is 0 Å². The molecule has 0 saturated carbocycles. The van der Waals surface area contributed by atoms with Gasteiger partial charge in [-0.25, -0.2) is 0 Å². The van der Waals surface area contributed by atoms with E-state index in [1.165, 1.54) is 0 Å². The summed E-state index contributed by atoms with van der Waals surface area (Å²) < 4.78 is 7.20. The van der Waals surface area contributed by atoms with Gasteiger partial charge in [-0.15, -0.1) is 0 Å². The lowest BCUT2D eigenvalue weighted by Gasteiger charge is -2.17. The Morgan fingerprint density at radius 3 is 2.67 bits per heavy atom. The average Bonchev–Trinajstić information content (AvgIpc) is 2.86. The molecule has 0 aliphatic carbocycles. The number of benzene rings is 1. The van der Waals surface area contributed by atoms with Gasteiger partial charge in [0.15, 0.2) is 5.78 Å². The highest BCUT2D eigenvalue weighted by atomic mass is 16.5. The van der Waals surface area contributed by atoms with Crippen molar-refractivity contribution in [2.45, 2.75) is 6.42 Å². The first-order valence-corrected chi connectivity index (χ1v) is 5.83. The Morgan fingerprint density at radius 1 is 1.17 bits per heavy atom. The number of allylic oxidation sites excluding steroid dienone is 1. The molecule has 1 aromatic heterocycles. The maximum atomic E-state index is 11.7. The third-order valence-electron chi connectivity index (χ3n) is 3.13. The zero-order valence-electron chi connectivity index (χ0n) is 10.1. The normalized spacial score (nSPS) is 14.1. The number of fused-ring (bicyclic) bond motifs is 1. The number of ketones is 1. The Kier molecular flexibility index (Phi) is 2.52. The summed E-state index contributed by atoms with van der Waals surface area (Å²) in [6.07, 6.45) is 4.17. The Balaban J connectivity index is 2.07. The van der Waals surface area contributed by atoms with Crippen LogP contribution in [0.5, 0.6) is 5.75 Å². The number of methoxy groups -OCH3 is 1. The van der Waals surface area contributed by atoms with E-state index in [0.29, 0.717) is 6.42 Å². The first kappa shape index (κ1) is 10.8. The van der Waals surface area contributed by atoms with Crippen molar-refractivity contribution in [1.82, 2.24) is 4.57 Å². The van der Waals surface area contributed by atoms with Gasteiger partial charge in [0.05, 0.1) is 19.2 Å². The maximum absolute atomic E-state index is 11.7. The van der Waals surface area contributed by atoms with Crippen LogP contribution in [0.2, 0.25) is 0 Å². The third kappa shape index (κ3) is 1.74. The lowest BCUT2D eigenvalue weighted by atomic mass is 10.0. The van der Waals surface area contributed by atoms with E-state index in [1.54, 1.807) is 13.2 Å². The van der Waals surface area contributed by atoms with Gasteiger partial charge >= 0.3 is 0 Å². The molecule has 2 heterocycles. The molecule has 0 fully saturated rings. The molecule has 18 heavy (non-hydrogen) atoms. The van der Waals surface area contributed by atoms with Gasteiger partial charge in [-0.2, -0.15) is 0 Å². The molecule has 1 aromatic carbocycles. The topological polar surface area (TPSA) is 31.2 Å². The minimum absolute atomic E-state index is 0.145. The smallest absolute Gasteiger partial charge is 0.163 e. The van der Waals surface area contributed by atoms with Crippen molar-refractivity contribution in [3.63, 3.8) is 0 Å². The zero-order valence-corrected chi connectivity index (χ0v) is 10.1. The lowest BCUT2D eigenvalue weighted by Crippen LogP contribution is -2.14. The van der Waals surface area contributed by atoms with Crippen LogP contribution in [0.3, 0.4) is 0 Å². The summed E-state index contributed by atoms with van der Waals surface area (Å²) in [5.41, 5.74) is 2.98. The minimum Gasteiger partial charge on any atom is -0.497 e. The number of hydrogen-bond donors (Lipinski definition) is 0. The van der Waals surface area contributed by atoms with E-state index in [9.17, 15) is 4.79 Å². The molecule has 1 aliphatic heterocycles. The SMILES string of the molecule is COc1ccc(C2=CC(=O)Cc3cccn32)cc1. The quantitative estimate of drug-likeness (QED) is 0.806. The van der Waals surface area contributed by atoms with Crippen molar-refractivity contribution in [2.75, 3.05) is 7.11 Å². The van der Waals surface area contributed by atoms with E-state index in [1.807, 2.05) is 42.6 Å². The standard InChI is InChI=1S/C15H13NO2/c1-18-14-6-4-11(5-7-14)15-10-13(17)9-12-3-2-8-16(12)15/h2-8,10H,9H2,1H3. The van der Waals surface area contributed by atoms with Gasteiger partial charge in [0, 0.05) is 18.0 Å². The Hall–Kier alpha value is -2.29. The Morgan fingerprint density at radius 2 is 1.94 bits per heavy atom. The minimum atomic E-state index is 0.145. The zero-order chi connectivity index (χ0) is 12.5. The van der Waals surface area contributed by atoms with Gasteiger partial charge in [0.25, 0.3) is 0 Å². The molecule has 3 rings (SSSR count). The molecule has 3 heteroatoms. The van der Waals surface area contributed by atoms with Gasteiger partial charge in [-0.3, -0.25) is 4.79 Å². The molecule has 0 spiro atoms. The number of rotatable bonds is 2. The molecule has 90 valence electrons. The number of carbonyl (C=O) groups is 1. The second-order valence-electron chi connectivity index (χ2n) is 4.27. The molecule has 3 nitrogen and oxygen atoms in total. The predicted octanol–water partition coefficient (Wildman–Crippen LogP) is 2.51. The van der Waals surface area contributed by atoms with Crippen molar-refractivity contribution in [2.24, 2.45) is 0 Å². The molecule has 0 bridgehead atoms. The molecule has 0 atom stereocenters. The van der Waals surface area contributed by atoms with Crippen LogP contribution in [0.15, 0.2) is 48.7 Å². The Bertz CT molecular complexity index is 620. The number of nitrogens with zero attached hydrogens (tertiary/aromatic N) is 1. The van der Waals surface area contributed by atoms with Gasteiger partial charge in [0.2, 0.25) is 0 Å². The average molecular weight is 239 g/mol. The van der Waals surface area contributed by atoms with Crippen LogP contribution < -0.4 is 4.74 Å². The van der Waals surface area contributed by atoms with Crippen LogP contribution >= 0.6 is 0 Å². The van der Waals surface area contributed by atoms with Crippen LogP contribution in [0.25, 0.3) is 5.70 Å². The van der Waals surface area contributed by atoms with Crippen LogP contribution in [-0.2, 0) is 11.2 Å². The lowest BCUT2D eigenvalue weighted by molar-refractivity contribution is -0.114. The first-order chi connectivity index (χ1) is 8.78. The van der Waals surface area contributed by atoms with Crippen molar-refractivity contribution in [3.8, 4) is 5.75 Å². The number of carbonyl (C=O) groups excluding carboxylic acids is 1. The summed E-state index contributed by atoms with van der Waals surface area (Å²) in [5.74, 6) is 0.959. The van der Waals surface area contributed by atoms with Crippen LogP contribution in [0, 0.1) is 0 Å². The molecular formula is C15H13NO2. The summed E-state index contributed by atoms with van der Waals surface area (Å²) in [7, 11) is 1.64. The van der Waals surface area contributed by atoms with Crippen molar-refractivity contribution in [3.05, 3.63) is 59.9 Å². The molecule has 2 aromatic rings. The van der Waals surface area contributed by atoms with Crippen LogP contribution in [-0.4, -0.2) is 17.5 Å². The summed E-state index contributed by atoms with van der Waals surface area (Å²) in [5, 5.41) is 0. The molecule has 0 amide bonds. The summed E-state index contributed by atoms with van der Waals surface area (Å²) in [6.45, 7) is 0. The van der Waals surface area contributed by atoms with Gasteiger partial charge in [0.1, 0.15) is 5.75 Å². The summed E-state index contributed by atoms with van der Waals surface area (Å²) >= 11 is 0. The van der Waals surface area contributed by atoms with Crippen LogP contribution in [0.1, 0.15) is 11.3 Å². The first-order valence-electron chi connectivity index (χ1n) is 5.83. The Labute approximate surface area is 105 Å². The van der Waals surface area contributed by atoms with Crippen LogP contribution in [0.4, 0.5) is 0 Å². The highest BCUT2D eigenvalue weighted by Crippen LogP contribution is 2.25. The van der Waals surface area contributed by atoms with E-state index in [-0.39, 0.29) is 5.78 Å². The van der Waals surface area contributed by atoms with E-state index in [2.05, 4.69) is 4.57 Å². The van der Waals surface area contributed by atoms with Gasteiger partial charge in [-0.1, -0.05) is 0 Å².